The van der Waals surface area contributed by atoms with Gasteiger partial charge in [0, 0.05) is 22.6 Å². The zero-order chi connectivity index (χ0) is 24.1. The fourth-order valence-corrected chi connectivity index (χ4v) is 4.44. The van der Waals surface area contributed by atoms with Crippen LogP contribution in [-0.2, 0) is 11.3 Å². The molecule has 0 fully saturated rings. The maximum absolute atomic E-state index is 13.9. The Morgan fingerprint density at radius 1 is 1.21 bits per heavy atom. The number of anilines is 1. The van der Waals surface area contributed by atoms with Crippen LogP contribution in [0.15, 0.2) is 46.0 Å². The lowest BCUT2D eigenvalue weighted by Crippen LogP contribution is -2.28. The quantitative estimate of drug-likeness (QED) is 0.400. The van der Waals surface area contributed by atoms with E-state index >= 15 is 0 Å². The van der Waals surface area contributed by atoms with E-state index in [-0.39, 0.29) is 21.8 Å². The molecular weight excluding hydrogens is 516 g/mol. The molecule has 3 rings (SSSR count). The van der Waals surface area contributed by atoms with Crippen LogP contribution in [0.3, 0.4) is 0 Å². The number of aromatic nitrogens is 3. The summed E-state index contributed by atoms with van der Waals surface area (Å²) in [5.41, 5.74) is 1.40. The molecule has 0 bridgehead atoms. The summed E-state index contributed by atoms with van der Waals surface area (Å²) >= 11 is 4.16. The number of benzene rings is 2. The lowest BCUT2D eigenvalue weighted by molar-refractivity contribution is -0.113. The molecule has 0 unspecified atom stereocenters. The van der Waals surface area contributed by atoms with Crippen molar-refractivity contribution >= 4 is 45.2 Å². The largest absolute Gasteiger partial charge is 0.342 e. The molecule has 3 aromatic rings. The van der Waals surface area contributed by atoms with Crippen molar-refractivity contribution in [3.8, 4) is 0 Å². The van der Waals surface area contributed by atoms with Gasteiger partial charge in [0.1, 0.15) is 5.82 Å². The van der Waals surface area contributed by atoms with Gasteiger partial charge >= 0.3 is 0 Å². The summed E-state index contributed by atoms with van der Waals surface area (Å²) in [7, 11) is 0. The molecule has 0 aliphatic rings. The van der Waals surface area contributed by atoms with E-state index in [1.54, 1.807) is 23.6 Å². The first kappa shape index (κ1) is 24.8. The normalized spacial score (nSPS) is 11.8. The Morgan fingerprint density at radius 2 is 1.97 bits per heavy atom. The Bertz CT molecular complexity index is 1160. The molecule has 11 heteroatoms. The standard InChI is InChI=1S/C22H22BrF2N5O2S/c1-4-30-20(13(3)26-21(32)14-7-5-6-12(2)8-14)28-29-22(30)33-11-18(31)27-19-16(23)9-15(24)10-17(19)25/h5-10,13H,4,11H2,1-3H3,(H,26,32)(H,27,31)/t13-/m1/s1. The number of halogens is 3. The van der Waals surface area contributed by atoms with Crippen molar-refractivity contribution < 1.29 is 18.4 Å². The predicted molar refractivity (Wildman–Crippen MR) is 126 cm³/mol. The van der Waals surface area contributed by atoms with Crippen LogP contribution in [0.4, 0.5) is 14.5 Å². The third kappa shape index (κ3) is 6.17. The van der Waals surface area contributed by atoms with E-state index in [0.717, 1.165) is 23.4 Å². The topological polar surface area (TPSA) is 88.9 Å². The van der Waals surface area contributed by atoms with Gasteiger partial charge in [-0.2, -0.15) is 0 Å². The average Bonchev–Trinajstić information content (AvgIpc) is 3.17. The molecule has 1 atom stereocenters. The maximum atomic E-state index is 13.9. The van der Waals surface area contributed by atoms with E-state index in [1.165, 1.54) is 0 Å². The number of thioether (sulfide) groups is 1. The first-order valence-electron chi connectivity index (χ1n) is 10.1. The number of nitrogens with zero attached hydrogens (tertiary/aromatic N) is 3. The van der Waals surface area contributed by atoms with Gasteiger partial charge in [-0.1, -0.05) is 29.5 Å². The van der Waals surface area contributed by atoms with Gasteiger partial charge in [-0.25, -0.2) is 8.78 Å². The molecule has 33 heavy (non-hydrogen) atoms. The number of nitrogens with one attached hydrogen (secondary N) is 2. The van der Waals surface area contributed by atoms with Gasteiger partial charge in [0.2, 0.25) is 5.91 Å². The number of carbonyl (C=O) groups is 2. The average molecular weight is 538 g/mol. The van der Waals surface area contributed by atoms with E-state index in [1.807, 2.05) is 26.0 Å². The molecule has 0 radical (unpaired) electrons. The van der Waals surface area contributed by atoms with Gasteiger partial charge < -0.3 is 15.2 Å². The zero-order valence-corrected chi connectivity index (χ0v) is 20.6. The van der Waals surface area contributed by atoms with Crippen molar-refractivity contribution in [1.82, 2.24) is 20.1 Å². The van der Waals surface area contributed by atoms with Crippen LogP contribution in [0.1, 0.15) is 41.6 Å². The van der Waals surface area contributed by atoms with Crippen molar-refractivity contribution in [2.45, 2.75) is 38.5 Å². The van der Waals surface area contributed by atoms with E-state index in [9.17, 15) is 18.4 Å². The van der Waals surface area contributed by atoms with Gasteiger partial charge in [-0.3, -0.25) is 9.59 Å². The first-order chi connectivity index (χ1) is 15.7. The number of aryl methyl sites for hydroxylation is 1. The number of hydrogen-bond donors (Lipinski definition) is 2. The minimum Gasteiger partial charge on any atom is -0.342 e. The summed E-state index contributed by atoms with van der Waals surface area (Å²) in [4.78, 5) is 24.9. The summed E-state index contributed by atoms with van der Waals surface area (Å²) in [5, 5.41) is 14.2. The molecular formula is C22H22BrF2N5O2S. The zero-order valence-electron chi connectivity index (χ0n) is 18.2. The Morgan fingerprint density at radius 3 is 2.64 bits per heavy atom. The summed E-state index contributed by atoms with van der Waals surface area (Å²) in [5.74, 6) is -1.85. The lowest BCUT2D eigenvalue weighted by atomic mass is 10.1. The highest BCUT2D eigenvalue weighted by Gasteiger charge is 2.21. The molecule has 2 amide bonds. The van der Waals surface area contributed by atoms with E-state index in [2.05, 4.69) is 36.8 Å². The summed E-state index contributed by atoms with van der Waals surface area (Å²) in [6.45, 7) is 6.14. The number of rotatable bonds is 8. The van der Waals surface area contributed by atoms with Crippen LogP contribution >= 0.6 is 27.7 Å². The monoisotopic (exact) mass is 537 g/mol. The van der Waals surface area contributed by atoms with Crippen molar-refractivity contribution in [3.63, 3.8) is 0 Å². The molecule has 1 heterocycles. The SMILES string of the molecule is CCn1c(SCC(=O)Nc2c(F)cc(F)cc2Br)nnc1[C@@H](C)NC(=O)c1cccc(C)c1. The molecule has 0 saturated carbocycles. The predicted octanol–water partition coefficient (Wildman–Crippen LogP) is 4.87. The van der Waals surface area contributed by atoms with Crippen LogP contribution in [-0.4, -0.2) is 32.3 Å². The molecule has 0 aliphatic carbocycles. The number of hydrogen-bond acceptors (Lipinski definition) is 5. The third-order valence-corrected chi connectivity index (χ3v) is 6.27. The highest BCUT2D eigenvalue weighted by atomic mass is 79.9. The lowest BCUT2D eigenvalue weighted by Gasteiger charge is -2.15. The highest BCUT2D eigenvalue weighted by Crippen LogP contribution is 2.27. The number of carbonyl (C=O) groups excluding carboxylic acids is 2. The van der Waals surface area contributed by atoms with Crippen molar-refractivity contribution in [3.05, 3.63) is 69.5 Å². The fourth-order valence-electron chi connectivity index (χ4n) is 3.12. The van der Waals surface area contributed by atoms with Crippen molar-refractivity contribution in [2.75, 3.05) is 11.1 Å². The van der Waals surface area contributed by atoms with E-state index in [4.69, 9.17) is 0 Å². The molecule has 2 aromatic carbocycles. The van der Waals surface area contributed by atoms with Crippen LogP contribution in [0.25, 0.3) is 0 Å². The number of amides is 2. The minimum atomic E-state index is -0.877. The van der Waals surface area contributed by atoms with E-state index < -0.39 is 23.6 Å². The Balaban J connectivity index is 1.65. The van der Waals surface area contributed by atoms with Crippen LogP contribution in [0, 0.1) is 18.6 Å². The minimum absolute atomic E-state index is 0.0641. The van der Waals surface area contributed by atoms with E-state index in [0.29, 0.717) is 29.2 Å². The molecule has 0 saturated heterocycles. The molecule has 7 nitrogen and oxygen atoms in total. The highest BCUT2D eigenvalue weighted by molar-refractivity contribution is 9.10. The fraction of sp³-hybridized carbons (Fsp3) is 0.273. The molecule has 2 N–H and O–H groups in total. The van der Waals surface area contributed by atoms with Gasteiger partial charge in [0.15, 0.2) is 16.8 Å². The maximum Gasteiger partial charge on any atom is 0.251 e. The Hall–Kier alpha value is -2.79. The molecule has 0 spiro atoms. The molecule has 174 valence electrons. The van der Waals surface area contributed by atoms with Gasteiger partial charge in [0.25, 0.3) is 5.91 Å². The first-order valence-corrected chi connectivity index (χ1v) is 11.8. The van der Waals surface area contributed by atoms with Gasteiger partial charge in [-0.05, 0) is 54.9 Å². The summed E-state index contributed by atoms with van der Waals surface area (Å²) in [6, 6.07) is 8.61. The van der Waals surface area contributed by atoms with Crippen LogP contribution in [0.2, 0.25) is 0 Å². The van der Waals surface area contributed by atoms with Crippen LogP contribution in [0.5, 0.6) is 0 Å². The van der Waals surface area contributed by atoms with Crippen LogP contribution < -0.4 is 10.6 Å². The Kier molecular flexibility index (Phi) is 8.20. The second kappa shape index (κ2) is 10.9. The van der Waals surface area contributed by atoms with Gasteiger partial charge in [0.05, 0.1) is 17.5 Å². The molecule has 0 aliphatic heterocycles. The smallest absolute Gasteiger partial charge is 0.251 e. The summed E-state index contributed by atoms with van der Waals surface area (Å²) < 4.78 is 29.1. The third-order valence-electron chi connectivity index (χ3n) is 4.68. The molecule has 1 aromatic heterocycles. The van der Waals surface area contributed by atoms with Crippen molar-refractivity contribution in [1.29, 1.82) is 0 Å². The second-order valence-electron chi connectivity index (χ2n) is 7.23. The Labute approximate surface area is 202 Å². The second-order valence-corrected chi connectivity index (χ2v) is 9.03. The van der Waals surface area contributed by atoms with Crippen molar-refractivity contribution in [2.24, 2.45) is 0 Å². The summed E-state index contributed by atoms with van der Waals surface area (Å²) in [6.07, 6.45) is 0. The van der Waals surface area contributed by atoms with Gasteiger partial charge in [-0.15, -0.1) is 10.2 Å².